The molecule has 0 N–H and O–H groups in total. The number of anilines is 1. The molecule has 0 atom stereocenters. The zero-order valence-corrected chi connectivity index (χ0v) is 18.1. The van der Waals surface area contributed by atoms with Gasteiger partial charge in [-0.3, -0.25) is 14.5 Å². The first-order valence-corrected chi connectivity index (χ1v) is 11.1. The fourth-order valence-corrected chi connectivity index (χ4v) is 4.92. The molecule has 0 radical (unpaired) electrons. The number of thioether (sulfide) groups is 1. The number of imide groups is 1. The number of carbonyl (C=O) groups is 2. The van der Waals surface area contributed by atoms with Gasteiger partial charge in [-0.2, -0.15) is 0 Å². The molecule has 2 heterocycles. The molecule has 7 heteroatoms. The molecule has 2 fully saturated rings. The second-order valence-corrected chi connectivity index (χ2v) is 8.91. The van der Waals surface area contributed by atoms with Gasteiger partial charge in [0.25, 0.3) is 11.1 Å². The van der Waals surface area contributed by atoms with E-state index in [0.29, 0.717) is 20.5 Å². The minimum atomic E-state index is -0.323. The van der Waals surface area contributed by atoms with Crippen LogP contribution in [0.25, 0.3) is 6.08 Å². The molecule has 0 bridgehead atoms. The van der Waals surface area contributed by atoms with Crippen LogP contribution >= 0.6 is 35.0 Å². The first kappa shape index (κ1) is 20.3. The van der Waals surface area contributed by atoms with Crippen molar-refractivity contribution in [2.45, 2.75) is 25.8 Å². The summed E-state index contributed by atoms with van der Waals surface area (Å²) < 4.78 is 0. The van der Waals surface area contributed by atoms with Crippen LogP contribution < -0.4 is 4.90 Å². The SMILES string of the molecule is O=C1S/C(=C\c2ccc(N3CCCCC3)cc2)C(=O)N1Cc1c(Cl)cccc1Cl. The van der Waals surface area contributed by atoms with Crippen molar-refractivity contribution in [2.75, 3.05) is 18.0 Å². The predicted octanol–water partition coefficient (Wildman–Crippen LogP) is 6.22. The van der Waals surface area contributed by atoms with Gasteiger partial charge in [0.15, 0.2) is 0 Å². The Hall–Kier alpha value is -1.95. The average molecular weight is 447 g/mol. The highest BCUT2D eigenvalue weighted by molar-refractivity contribution is 8.18. The highest BCUT2D eigenvalue weighted by atomic mass is 35.5. The maximum absolute atomic E-state index is 12.8. The summed E-state index contributed by atoms with van der Waals surface area (Å²) in [5.41, 5.74) is 2.67. The van der Waals surface area contributed by atoms with E-state index in [-0.39, 0.29) is 17.7 Å². The molecule has 2 amide bonds. The number of hydrogen-bond donors (Lipinski definition) is 0. The third-order valence-corrected chi connectivity index (χ3v) is 6.78. The van der Waals surface area contributed by atoms with E-state index in [4.69, 9.17) is 23.2 Å². The number of benzene rings is 2. The molecule has 0 aliphatic carbocycles. The Morgan fingerprint density at radius 2 is 1.59 bits per heavy atom. The monoisotopic (exact) mass is 446 g/mol. The van der Waals surface area contributed by atoms with Crippen LogP contribution in [0.4, 0.5) is 10.5 Å². The summed E-state index contributed by atoms with van der Waals surface area (Å²) in [6, 6.07) is 13.3. The van der Waals surface area contributed by atoms with Gasteiger partial charge in [0, 0.05) is 34.4 Å². The second-order valence-electron chi connectivity index (χ2n) is 7.11. The average Bonchev–Trinajstić information content (AvgIpc) is 2.99. The molecule has 2 aromatic carbocycles. The molecular formula is C22H20Cl2N2O2S. The molecule has 2 saturated heterocycles. The molecular weight excluding hydrogens is 427 g/mol. The summed E-state index contributed by atoms with van der Waals surface area (Å²) in [5.74, 6) is -0.323. The number of hydrogen-bond acceptors (Lipinski definition) is 4. The van der Waals surface area contributed by atoms with Crippen LogP contribution in [0.15, 0.2) is 47.4 Å². The molecule has 29 heavy (non-hydrogen) atoms. The van der Waals surface area contributed by atoms with Gasteiger partial charge >= 0.3 is 0 Å². The third-order valence-electron chi connectivity index (χ3n) is 5.16. The van der Waals surface area contributed by atoms with Crippen molar-refractivity contribution in [1.82, 2.24) is 4.90 Å². The van der Waals surface area contributed by atoms with Crippen molar-refractivity contribution in [1.29, 1.82) is 0 Å². The lowest BCUT2D eigenvalue weighted by molar-refractivity contribution is -0.123. The van der Waals surface area contributed by atoms with Crippen molar-refractivity contribution in [3.05, 3.63) is 68.5 Å². The van der Waals surface area contributed by atoms with E-state index in [9.17, 15) is 9.59 Å². The maximum Gasteiger partial charge on any atom is 0.293 e. The Balaban J connectivity index is 1.50. The first-order valence-electron chi connectivity index (χ1n) is 9.56. The van der Waals surface area contributed by atoms with E-state index in [1.807, 2.05) is 12.1 Å². The van der Waals surface area contributed by atoms with Crippen molar-refractivity contribution in [3.8, 4) is 0 Å². The highest BCUT2D eigenvalue weighted by Gasteiger charge is 2.35. The first-order chi connectivity index (χ1) is 14.0. The zero-order valence-electron chi connectivity index (χ0n) is 15.7. The van der Waals surface area contributed by atoms with Gasteiger partial charge < -0.3 is 4.90 Å². The van der Waals surface area contributed by atoms with Gasteiger partial charge in [-0.05, 0) is 66.9 Å². The van der Waals surface area contributed by atoms with Gasteiger partial charge in [0.05, 0.1) is 11.4 Å². The van der Waals surface area contributed by atoms with E-state index < -0.39 is 0 Å². The fourth-order valence-electron chi connectivity index (χ4n) is 3.56. The molecule has 4 rings (SSSR count). The van der Waals surface area contributed by atoms with Crippen LogP contribution in [-0.2, 0) is 11.3 Å². The topological polar surface area (TPSA) is 40.6 Å². The van der Waals surface area contributed by atoms with Crippen LogP contribution in [0.5, 0.6) is 0 Å². The number of rotatable bonds is 4. The molecule has 2 aromatic rings. The van der Waals surface area contributed by atoms with Gasteiger partial charge in [0.2, 0.25) is 0 Å². The number of piperidine rings is 1. The molecule has 0 saturated carbocycles. The van der Waals surface area contributed by atoms with Crippen molar-refractivity contribution >= 4 is 57.9 Å². The van der Waals surface area contributed by atoms with Crippen LogP contribution in [-0.4, -0.2) is 29.1 Å². The van der Waals surface area contributed by atoms with Crippen molar-refractivity contribution in [2.24, 2.45) is 0 Å². The molecule has 2 aliphatic heterocycles. The Labute approximate surface area is 184 Å². The van der Waals surface area contributed by atoms with E-state index in [1.54, 1.807) is 24.3 Å². The molecule has 0 aromatic heterocycles. The molecule has 2 aliphatic rings. The molecule has 0 spiro atoms. The standard InChI is InChI=1S/C22H20Cl2N2O2S/c23-18-5-4-6-19(24)17(18)14-26-21(27)20(29-22(26)28)13-15-7-9-16(10-8-15)25-11-2-1-3-12-25/h4-10,13H,1-3,11-12,14H2/b20-13-. The van der Waals surface area contributed by atoms with Gasteiger partial charge in [-0.25, -0.2) is 0 Å². The number of halogens is 2. The highest BCUT2D eigenvalue weighted by Crippen LogP contribution is 2.35. The van der Waals surface area contributed by atoms with Crippen molar-refractivity contribution in [3.63, 3.8) is 0 Å². The Bertz CT molecular complexity index is 949. The largest absolute Gasteiger partial charge is 0.372 e. The van der Waals surface area contributed by atoms with Crippen LogP contribution in [0.2, 0.25) is 10.0 Å². The fraction of sp³-hybridized carbons (Fsp3) is 0.273. The van der Waals surface area contributed by atoms with Crippen LogP contribution in [0.3, 0.4) is 0 Å². The lowest BCUT2D eigenvalue weighted by Gasteiger charge is -2.28. The minimum Gasteiger partial charge on any atom is -0.372 e. The smallest absolute Gasteiger partial charge is 0.293 e. The number of carbonyl (C=O) groups excluding carboxylic acids is 2. The van der Waals surface area contributed by atoms with E-state index in [1.165, 1.54) is 29.8 Å². The van der Waals surface area contributed by atoms with Crippen LogP contribution in [0.1, 0.15) is 30.4 Å². The van der Waals surface area contributed by atoms with E-state index >= 15 is 0 Å². The maximum atomic E-state index is 12.8. The molecule has 4 nitrogen and oxygen atoms in total. The van der Waals surface area contributed by atoms with E-state index in [2.05, 4.69) is 17.0 Å². The van der Waals surface area contributed by atoms with Gasteiger partial charge in [-0.1, -0.05) is 41.4 Å². The summed E-state index contributed by atoms with van der Waals surface area (Å²) in [6.07, 6.45) is 5.51. The summed E-state index contributed by atoms with van der Waals surface area (Å²) in [6.45, 7) is 2.24. The lowest BCUT2D eigenvalue weighted by atomic mass is 10.1. The second kappa shape index (κ2) is 8.82. The summed E-state index contributed by atoms with van der Waals surface area (Å²) in [7, 11) is 0. The number of nitrogens with zero attached hydrogens (tertiary/aromatic N) is 2. The van der Waals surface area contributed by atoms with E-state index in [0.717, 1.165) is 30.4 Å². The normalized spacial score (nSPS) is 18.8. The summed E-state index contributed by atoms with van der Waals surface area (Å²) in [5, 5.41) is 0.560. The summed E-state index contributed by atoms with van der Waals surface area (Å²) >= 11 is 13.3. The number of amides is 2. The predicted molar refractivity (Wildman–Crippen MR) is 120 cm³/mol. The minimum absolute atomic E-state index is 0.0639. The summed E-state index contributed by atoms with van der Waals surface area (Å²) in [4.78, 5) is 29.2. The zero-order chi connectivity index (χ0) is 20.4. The molecule has 150 valence electrons. The quantitative estimate of drug-likeness (QED) is 0.522. The van der Waals surface area contributed by atoms with Crippen LogP contribution in [0, 0.1) is 0 Å². The van der Waals surface area contributed by atoms with Crippen molar-refractivity contribution < 1.29 is 9.59 Å². The third kappa shape index (κ3) is 4.47. The Morgan fingerprint density at radius 1 is 0.931 bits per heavy atom. The molecule has 0 unspecified atom stereocenters. The Morgan fingerprint density at radius 3 is 2.24 bits per heavy atom. The lowest BCUT2D eigenvalue weighted by Crippen LogP contribution is -2.29. The van der Waals surface area contributed by atoms with Gasteiger partial charge in [-0.15, -0.1) is 0 Å². The Kier molecular flexibility index (Phi) is 6.18. The van der Waals surface area contributed by atoms with Gasteiger partial charge in [0.1, 0.15) is 0 Å².